The second kappa shape index (κ2) is 5.09. The fraction of sp³-hybridized carbons (Fsp3) is 0.417. The molecule has 0 unspecified atom stereocenters. The van der Waals surface area contributed by atoms with E-state index >= 15 is 0 Å². The number of carbonyl (C=O) groups excluding carboxylic acids is 1. The van der Waals surface area contributed by atoms with E-state index in [4.69, 9.17) is 5.11 Å². The molecule has 16 heavy (non-hydrogen) atoms. The Labute approximate surface area is 94.9 Å². The number of piperazine rings is 1. The van der Waals surface area contributed by atoms with Crippen LogP contribution in [0.3, 0.4) is 0 Å². The predicted octanol–water partition coefficient (Wildman–Crippen LogP) is 0.158. The first kappa shape index (κ1) is 11.1. The normalized spacial score (nSPS) is 16.6. The van der Waals surface area contributed by atoms with Crippen molar-refractivity contribution in [1.29, 1.82) is 0 Å². The molecule has 0 radical (unpaired) electrons. The third-order valence-electron chi connectivity index (χ3n) is 2.71. The zero-order valence-corrected chi connectivity index (χ0v) is 9.15. The number of rotatable bonds is 3. The summed E-state index contributed by atoms with van der Waals surface area (Å²) in [6.07, 6.45) is 0.633. The average Bonchev–Trinajstić information content (AvgIpc) is 2.30. The topological polar surface area (TPSA) is 52.6 Å². The van der Waals surface area contributed by atoms with Gasteiger partial charge in [0.2, 0.25) is 5.91 Å². The Balaban J connectivity index is 2.18. The minimum Gasteiger partial charge on any atom is -0.396 e. The molecule has 0 aromatic heterocycles. The van der Waals surface area contributed by atoms with Gasteiger partial charge in [-0.1, -0.05) is 12.1 Å². The first-order valence-electron chi connectivity index (χ1n) is 5.52. The fourth-order valence-electron chi connectivity index (χ4n) is 1.89. The average molecular weight is 220 g/mol. The Kier molecular flexibility index (Phi) is 3.54. The van der Waals surface area contributed by atoms with Crippen LogP contribution < -0.4 is 10.2 Å². The van der Waals surface area contributed by atoms with Crippen LogP contribution in [0.5, 0.6) is 0 Å². The molecular weight excluding hydrogens is 204 g/mol. The van der Waals surface area contributed by atoms with Crippen molar-refractivity contribution in [2.24, 2.45) is 0 Å². The van der Waals surface area contributed by atoms with Gasteiger partial charge in [-0.05, 0) is 24.1 Å². The molecule has 1 fully saturated rings. The lowest BCUT2D eigenvalue weighted by atomic mass is 10.1. The molecule has 4 nitrogen and oxygen atoms in total. The van der Waals surface area contributed by atoms with Crippen LogP contribution in [0.2, 0.25) is 0 Å². The zero-order chi connectivity index (χ0) is 11.4. The maximum atomic E-state index is 11.7. The van der Waals surface area contributed by atoms with Crippen molar-refractivity contribution in [1.82, 2.24) is 5.32 Å². The van der Waals surface area contributed by atoms with E-state index in [9.17, 15) is 4.79 Å². The van der Waals surface area contributed by atoms with Crippen molar-refractivity contribution in [2.45, 2.75) is 6.42 Å². The fourth-order valence-corrected chi connectivity index (χ4v) is 1.89. The maximum absolute atomic E-state index is 11.7. The molecule has 0 atom stereocenters. The van der Waals surface area contributed by atoms with E-state index < -0.39 is 0 Å². The number of hydrogen-bond acceptors (Lipinski definition) is 3. The van der Waals surface area contributed by atoms with Crippen LogP contribution in [0.25, 0.3) is 0 Å². The number of aliphatic hydroxyl groups is 1. The van der Waals surface area contributed by atoms with Gasteiger partial charge in [0.1, 0.15) is 0 Å². The van der Waals surface area contributed by atoms with Gasteiger partial charge in [-0.3, -0.25) is 4.79 Å². The largest absolute Gasteiger partial charge is 0.396 e. The van der Waals surface area contributed by atoms with Crippen molar-refractivity contribution >= 4 is 11.6 Å². The molecular formula is C12H16N2O2. The van der Waals surface area contributed by atoms with Gasteiger partial charge in [-0.15, -0.1) is 0 Å². The van der Waals surface area contributed by atoms with Crippen LogP contribution in [0.4, 0.5) is 5.69 Å². The Morgan fingerprint density at radius 2 is 2.31 bits per heavy atom. The molecule has 2 rings (SSSR count). The number of nitrogens with one attached hydrogen (secondary N) is 1. The molecule has 0 bridgehead atoms. The number of hydrogen-bond donors (Lipinski definition) is 2. The second-order valence-electron chi connectivity index (χ2n) is 3.87. The van der Waals surface area contributed by atoms with E-state index in [-0.39, 0.29) is 12.5 Å². The third kappa shape index (κ3) is 2.40. The first-order chi connectivity index (χ1) is 7.81. The number of carbonyl (C=O) groups is 1. The molecule has 4 heteroatoms. The highest BCUT2D eigenvalue weighted by Crippen LogP contribution is 2.17. The minimum absolute atomic E-state index is 0.104. The Hall–Kier alpha value is -1.39. The van der Waals surface area contributed by atoms with Gasteiger partial charge in [0.15, 0.2) is 0 Å². The molecule has 1 aliphatic rings. The van der Waals surface area contributed by atoms with E-state index in [1.807, 2.05) is 24.3 Å². The lowest BCUT2D eigenvalue weighted by Gasteiger charge is -2.27. The Morgan fingerprint density at radius 3 is 3.06 bits per heavy atom. The van der Waals surface area contributed by atoms with Crippen LogP contribution in [0, 0.1) is 0 Å². The Morgan fingerprint density at radius 1 is 1.44 bits per heavy atom. The van der Waals surface area contributed by atoms with Crippen molar-refractivity contribution in [3.05, 3.63) is 29.8 Å². The van der Waals surface area contributed by atoms with Gasteiger partial charge < -0.3 is 15.3 Å². The van der Waals surface area contributed by atoms with Crippen molar-refractivity contribution < 1.29 is 9.90 Å². The quantitative estimate of drug-likeness (QED) is 0.763. The molecule has 2 N–H and O–H groups in total. The summed E-state index contributed by atoms with van der Waals surface area (Å²) in [5, 5.41) is 11.9. The van der Waals surface area contributed by atoms with Crippen LogP contribution >= 0.6 is 0 Å². The molecule has 0 spiro atoms. The van der Waals surface area contributed by atoms with Crippen LogP contribution in [0.15, 0.2) is 24.3 Å². The number of anilines is 1. The first-order valence-corrected chi connectivity index (χ1v) is 5.52. The number of benzene rings is 1. The highest BCUT2D eigenvalue weighted by atomic mass is 16.3. The summed E-state index contributed by atoms with van der Waals surface area (Å²) in [4.78, 5) is 13.5. The Bertz CT molecular complexity index is 379. The van der Waals surface area contributed by atoms with Crippen molar-refractivity contribution in [2.75, 3.05) is 31.1 Å². The second-order valence-corrected chi connectivity index (χ2v) is 3.87. The highest BCUT2D eigenvalue weighted by Gasteiger charge is 2.18. The summed E-state index contributed by atoms with van der Waals surface area (Å²) >= 11 is 0. The van der Waals surface area contributed by atoms with Crippen molar-refractivity contribution in [3.8, 4) is 0 Å². The molecule has 0 aliphatic carbocycles. The third-order valence-corrected chi connectivity index (χ3v) is 2.71. The highest BCUT2D eigenvalue weighted by molar-refractivity contribution is 5.95. The van der Waals surface area contributed by atoms with Crippen LogP contribution in [-0.4, -0.2) is 37.3 Å². The van der Waals surface area contributed by atoms with Crippen LogP contribution in [0.1, 0.15) is 5.56 Å². The summed E-state index contributed by atoms with van der Waals surface area (Å²) in [7, 11) is 0. The monoisotopic (exact) mass is 220 g/mol. The molecule has 1 aromatic carbocycles. The maximum Gasteiger partial charge on any atom is 0.240 e. The summed E-state index contributed by atoms with van der Waals surface area (Å²) < 4.78 is 0. The number of aliphatic hydroxyl groups excluding tert-OH is 1. The van der Waals surface area contributed by atoms with Crippen molar-refractivity contribution in [3.63, 3.8) is 0 Å². The summed E-state index contributed by atoms with van der Waals surface area (Å²) in [5.41, 5.74) is 1.99. The minimum atomic E-state index is 0.104. The lowest BCUT2D eigenvalue weighted by molar-refractivity contribution is -0.118. The van der Waals surface area contributed by atoms with Crippen LogP contribution in [-0.2, 0) is 11.2 Å². The molecule has 1 amide bonds. The predicted molar refractivity (Wildman–Crippen MR) is 62.5 cm³/mol. The SMILES string of the molecule is O=C1CNCCN1c1cccc(CCO)c1. The van der Waals surface area contributed by atoms with E-state index in [0.29, 0.717) is 19.5 Å². The van der Waals surface area contributed by atoms with Gasteiger partial charge in [0, 0.05) is 25.4 Å². The van der Waals surface area contributed by atoms with Gasteiger partial charge in [-0.2, -0.15) is 0 Å². The van der Waals surface area contributed by atoms with E-state index in [2.05, 4.69) is 5.32 Å². The molecule has 1 saturated heterocycles. The number of amides is 1. The zero-order valence-electron chi connectivity index (χ0n) is 9.15. The van der Waals surface area contributed by atoms with E-state index in [1.54, 1.807) is 4.90 Å². The van der Waals surface area contributed by atoms with E-state index in [0.717, 1.165) is 17.8 Å². The lowest BCUT2D eigenvalue weighted by Crippen LogP contribution is -2.48. The number of nitrogens with zero attached hydrogens (tertiary/aromatic N) is 1. The van der Waals surface area contributed by atoms with Gasteiger partial charge in [-0.25, -0.2) is 0 Å². The van der Waals surface area contributed by atoms with Gasteiger partial charge >= 0.3 is 0 Å². The summed E-state index contributed by atoms with van der Waals surface area (Å²) in [6.45, 7) is 2.08. The smallest absolute Gasteiger partial charge is 0.240 e. The molecule has 1 aromatic rings. The summed E-state index contributed by atoms with van der Waals surface area (Å²) in [5.74, 6) is 0.104. The summed E-state index contributed by atoms with van der Waals surface area (Å²) in [6, 6.07) is 7.80. The molecule has 1 aliphatic heterocycles. The molecule has 1 heterocycles. The van der Waals surface area contributed by atoms with E-state index in [1.165, 1.54) is 0 Å². The standard InChI is InChI=1S/C12H16N2O2/c15-7-4-10-2-1-3-11(8-10)14-6-5-13-9-12(14)16/h1-3,8,13,15H,4-7,9H2. The molecule has 86 valence electrons. The van der Waals surface area contributed by atoms with Gasteiger partial charge in [0.25, 0.3) is 0 Å². The van der Waals surface area contributed by atoms with Gasteiger partial charge in [0.05, 0.1) is 6.54 Å². The molecule has 0 saturated carbocycles.